The van der Waals surface area contributed by atoms with Gasteiger partial charge in [0.2, 0.25) is 5.88 Å². The normalized spacial score (nSPS) is 10.5. The van der Waals surface area contributed by atoms with Crippen LogP contribution in [0.5, 0.6) is 5.88 Å². The highest BCUT2D eigenvalue weighted by atomic mass is 16.5. The van der Waals surface area contributed by atoms with Gasteiger partial charge in [0.15, 0.2) is 0 Å². The van der Waals surface area contributed by atoms with E-state index in [1.54, 1.807) is 13.3 Å². The van der Waals surface area contributed by atoms with Crippen LogP contribution in [0, 0.1) is 0 Å². The van der Waals surface area contributed by atoms with Gasteiger partial charge in [-0.25, -0.2) is 4.98 Å². The van der Waals surface area contributed by atoms with Gasteiger partial charge >= 0.3 is 0 Å². The summed E-state index contributed by atoms with van der Waals surface area (Å²) in [5.74, 6) is 0.602. The Morgan fingerprint density at radius 1 is 1.28 bits per heavy atom. The zero-order valence-corrected chi connectivity index (χ0v) is 10.4. The Hall–Kier alpha value is -1.97. The van der Waals surface area contributed by atoms with Gasteiger partial charge in [0, 0.05) is 18.7 Å². The first kappa shape index (κ1) is 12.5. The van der Waals surface area contributed by atoms with Gasteiger partial charge in [0.25, 0.3) is 0 Å². The number of hydrogen-bond acceptors (Lipinski definition) is 4. The largest absolute Gasteiger partial charge is 0.481 e. The summed E-state index contributed by atoms with van der Waals surface area (Å²) in [5.41, 5.74) is 2.93. The van der Waals surface area contributed by atoms with Crippen molar-refractivity contribution in [3.8, 4) is 5.88 Å². The summed E-state index contributed by atoms with van der Waals surface area (Å²) in [6, 6.07) is 5.71. The molecule has 4 heteroatoms. The van der Waals surface area contributed by atoms with E-state index in [-0.39, 0.29) is 0 Å². The van der Waals surface area contributed by atoms with Crippen molar-refractivity contribution in [1.82, 2.24) is 9.97 Å². The monoisotopic (exact) mass is 244 g/mol. The number of pyridine rings is 2. The Kier molecular flexibility index (Phi) is 4.23. The van der Waals surface area contributed by atoms with Crippen molar-refractivity contribution in [1.29, 1.82) is 0 Å². The van der Waals surface area contributed by atoms with Gasteiger partial charge in [-0.05, 0) is 37.0 Å². The molecule has 0 aliphatic rings. The van der Waals surface area contributed by atoms with Crippen LogP contribution < -0.4 is 4.74 Å². The molecule has 0 N–H and O–H groups in total. The minimum Gasteiger partial charge on any atom is -0.481 e. The molecule has 0 fully saturated rings. The molecule has 0 unspecified atom stereocenters. The predicted octanol–water partition coefficient (Wildman–Crippen LogP) is 2.55. The predicted molar refractivity (Wildman–Crippen MR) is 69.7 cm³/mol. The van der Waals surface area contributed by atoms with Crippen LogP contribution in [0.2, 0.25) is 0 Å². The molecule has 2 heterocycles. The second-order valence-electron chi connectivity index (χ2n) is 4.10. The van der Waals surface area contributed by atoms with Gasteiger partial charge < -0.3 is 9.53 Å². The van der Waals surface area contributed by atoms with Crippen molar-refractivity contribution >= 4 is 17.3 Å². The highest BCUT2D eigenvalue weighted by molar-refractivity contribution is 5.78. The number of rotatable bonds is 6. The molecular weight excluding hydrogens is 228 g/mol. The molecule has 94 valence electrons. The Bertz CT molecular complexity index is 540. The fourth-order valence-corrected chi connectivity index (χ4v) is 1.92. The molecule has 0 bridgehead atoms. The van der Waals surface area contributed by atoms with E-state index in [1.165, 1.54) is 0 Å². The molecule has 2 aromatic rings. The summed E-state index contributed by atoms with van der Waals surface area (Å²) in [5, 5.41) is 0. The molecule has 0 saturated heterocycles. The van der Waals surface area contributed by atoms with E-state index in [1.807, 2.05) is 18.2 Å². The average molecular weight is 244 g/mol. The average Bonchev–Trinajstić information content (AvgIpc) is 2.43. The first-order chi connectivity index (χ1) is 8.85. The van der Waals surface area contributed by atoms with Crippen molar-refractivity contribution in [2.75, 3.05) is 7.11 Å². The Balaban J connectivity index is 2.22. The van der Waals surface area contributed by atoms with Gasteiger partial charge in [-0.1, -0.05) is 0 Å². The van der Waals surface area contributed by atoms with Crippen molar-refractivity contribution in [3.05, 3.63) is 30.0 Å². The Morgan fingerprint density at radius 2 is 2.17 bits per heavy atom. The van der Waals surface area contributed by atoms with Crippen LogP contribution in [0.25, 0.3) is 11.0 Å². The van der Waals surface area contributed by atoms with E-state index in [0.29, 0.717) is 12.3 Å². The molecule has 0 atom stereocenters. The number of aldehydes is 1. The zero-order chi connectivity index (χ0) is 12.8. The van der Waals surface area contributed by atoms with Crippen molar-refractivity contribution in [3.63, 3.8) is 0 Å². The third-order valence-electron chi connectivity index (χ3n) is 2.87. The highest BCUT2D eigenvalue weighted by Gasteiger charge is 2.05. The fraction of sp³-hybridized carbons (Fsp3) is 0.357. The molecule has 0 aromatic carbocycles. The van der Waals surface area contributed by atoms with E-state index >= 15 is 0 Å². The molecule has 0 amide bonds. The SMILES string of the molecule is COc1ccc2nccc(CCCCC=O)c2n1. The third kappa shape index (κ3) is 2.83. The molecule has 0 aliphatic heterocycles. The lowest BCUT2D eigenvalue weighted by Crippen LogP contribution is -1.95. The van der Waals surface area contributed by atoms with E-state index in [2.05, 4.69) is 9.97 Å². The zero-order valence-electron chi connectivity index (χ0n) is 10.4. The highest BCUT2D eigenvalue weighted by Crippen LogP contribution is 2.19. The number of methoxy groups -OCH3 is 1. The van der Waals surface area contributed by atoms with Crippen LogP contribution in [0.1, 0.15) is 24.8 Å². The maximum Gasteiger partial charge on any atom is 0.213 e. The third-order valence-corrected chi connectivity index (χ3v) is 2.87. The van der Waals surface area contributed by atoms with Gasteiger partial charge in [-0.2, -0.15) is 0 Å². The van der Waals surface area contributed by atoms with E-state index in [0.717, 1.165) is 42.1 Å². The van der Waals surface area contributed by atoms with Crippen molar-refractivity contribution in [2.45, 2.75) is 25.7 Å². The molecule has 4 nitrogen and oxygen atoms in total. The second kappa shape index (κ2) is 6.10. The number of carbonyl (C=O) groups is 1. The summed E-state index contributed by atoms with van der Waals surface area (Å²) in [4.78, 5) is 19.0. The second-order valence-corrected chi connectivity index (χ2v) is 4.10. The minimum absolute atomic E-state index is 0.602. The van der Waals surface area contributed by atoms with Crippen molar-refractivity contribution < 1.29 is 9.53 Å². The number of nitrogens with zero attached hydrogens (tertiary/aromatic N) is 2. The molecule has 0 spiro atoms. The summed E-state index contributed by atoms with van der Waals surface area (Å²) >= 11 is 0. The first-order valence-electron chi connectivity index (χ1n) is 6.07. The maximum absolute atomic E-state index is 10.3. The number of aromatic nitrogens is 2. The first-order valence-corrected chi connectivity index (χ1v) is 6.07. The molecular formula is C14H16N2O2. The molecule has 0 aliphatic carbocycles. The smallest absolute Gasteiger partial charge is 0.213 e. The number of unbranched alkanes of at least 4 members (excludes halogenated alkanes) is 2. The van der Waals surface area contributed by atoms with Gasteiger partial charge in [0.05, 0.1) is 18.1 Å². The number of aryl methyl sites for hydroxylation is 1. The molecule has 0 radical (unpaired) electrons. The summed E-state index contributed by atoms with van der Waals surface area (Å²) in [7, 11) is 1.61. The van der Waals surface area contributed by atoms with Crippen LogP contribution in [0.3, 0.4) is 0 Å². The number of carbonyl (C=O) groups excluding carboxylic acids is 1. The summed E-state index contributed by atoms with van der Waals surface area (Å²) < 4.78 is 5.14. The van der Waals surface area contributed by atoms with Crippen LogP contribution in [-0.2, 0) is 11.2 Å². The lowest BCUT2D eigenvalue weighted by Gasteiger charge is -2.06. The number of hydrogen-bond donors (Lipinski definition) is 0. The topological polar surface area (TPSA) is 52.1 Å². The number of fused-ring (bicyclic) bond motifs is 1. The molecule has 18 heavy (non-hydrogen) atoms. The van der Waals surface area contributed by atoms with Crippen LogP contribution in [-0.4, -0.2) is 23.4 Å². The van der Waals surface area contributed by atoms with Gasteiger partial charge in [0.1, 0.15) is 6.29 Å². The molecule has 2 rings (SSSR count). The van der Waals surface area contributed by atoms with E-state index in [4.69, 9.17) is 4.74 Å². The lowest BCUT2D eigenvalue weighted by atomic mass is 10.1. The quantitative estimate of drug-likeness (QED) is 0.579. The summed E-state index contributed by atoms with van der Waals surface area (Å²) in [6.45, 7) is 0. The molecule has 0 saturated carbocycles. The van der Waals surface area contributed by atoms with E-state index in [9.17, 15) is 4.79 Å². The minimum atomic E-state index is 0.602. The fourth-order valence-electron chi connectivity index (χ4n) is 1.92. The lowest BCUT2D eigenvalue weighted by molar-refractivity contribution is -0.107. The van der Waals surface area contributed by atoms with Gasteiger partial charge in [-0.3, -0.25) is 4.98 Å². The van der Waals surface area contributed by atoms with Crippen LogP contribution in [0.15, 0.2) is 24.4 Å². The van der Waals surface area contributed by atoms with E-state index < -0.39 is 0 Å². The Morgan fingerprint density at radius 3 is 2.94 bits per heavy atom. The maximum atomic E-state index is 10.3. The standard InChI is InChI=1S/C14H16N2O2/c1-18-13-7-6-12-14(16-13)11(8-9-15-12)5-3-2-4-10-17/h6-10H,2-5H2,1H3. The number of ether oxygens (including phenoxy) is 1. The Labute approximate surface area is 106 Å². The van der Waals surface area contributed by atoms with Gasteiger partial charge in [-0.15, -0.1) is 0 Å². The summed E-state index contributed by atoms with van der Waals surface area (Å²) in [6.07, 6.45) is 6.19. The van der Waals surface area contributed by atoms with Crippen LogP contribution in [0.4, 0.5) is 0 Å². The van der Waals surface area contributed by atoms with Crippen molar-refractivity contribution in [2.24, 2.45) is 0 Å². The van der Waals surface area contributed by atoms with Crippen LogP contribution >= 0.6 is 0 Å². The molecule has 2 aromatic heterocycles.